The van der Waals surface area contributed by atoms with Crippen LogP contribution in [0.1, 0.15) is 28.2 Å². The van der Waals surface area contributed by atoms with Crippen LogP contribution in [0, 0.1) is 5.92 Å². The minimum atomic E-state index is -0.0528. The van der Waals surface area contributed by atoms with E-state index >= 15 is 0 Å². The van der Waals surface area contributed by atoms with E-state index in [2.05, 4.69) is 21.8 Å². The van der Waals surface area contributed by atoms with Gasteiger partial charge < -0.3 is 10.2 Å². The molecule has 2 saturated heterocycles. The summed E-state index contributed by atoms with van der Waals surface area (Å²) in [5, 5.41) is 4.23. The van der Waals surface area contributed by atoms with E-state index in [9.17, 15) is 4.79 Å². The Bertz CT molecular complexity index is 727. The van der Waals surface area contributed by atoms with Crippen molar-refractivity contribution in [3.05, 3.63) is 35.5 Å². The summed E-state index contributed by atoms with van der Waals surface area (Å²) in [6.45, 7) is 7.15. The fraction of sp³-hybridized carbons (Fsp3) is 0.412. The molecule has 0 radical (unpaired) electrons. The third-order valence-electron chi connectivity index (χ3n) is 4.66. The SMILES string of the molecule is C=Cc1cc2cnc(C(=O)N[C@@H]3C[C@@H]4CCN(C4)C3)cc2s1. The molecule has 1 amide bonds. The van der Waals surface area contributed by atoms with Crippen LogP contribution in [0.5, 0.6) is 0 Å². The molecule has 22 heavy (non-hydrogen) atoms. The van der Waals surface area contributed by atoms with Gasteiger partial charge in [-0.1, -0.05) is 12.7 Å². The highest BCUT2D eigenvalue weighted by Crippen LogP contribution is 2.28. The topological polar surface area (TPSA) is 45.2 Å². The van der Waals surface area contributed by atoms with Gasteiger partial charge in [0.25, 0.3) is 5.91 Å². The summed E-state index contributed by atoms with van der Waals surface area (Å²) in [6, 6.07) is 4.20. The molecular weight excluding hydrogens is 294 g/mol. The molecule has 2 aromatic rings. The molecule has 3 atom stereocenters. The van der Waals surface area contributed by atoms with Gasteiger partial charge in [0, 0.05) is 40.3 Å². The highest BCUT2D eigenvalue weighted by atomic mass is 32.1. The van der Waals surface area contributed by atoms with E-state index < -0.39 is 0 Å². The number of amides is 1. The highest BCUT2D eigenvalue weighted by Gasteiger charge is 2.33. The van der Waals surface area contributed by atoms with E-state index in [1.165, 1.54) is 19.5 Å². The Morgan fingerprint density at radius 3 is 3.18 bits per heavy atom. The van der Waals surface area contributed by atoms with Crippen LogP contribution < -0.4 is 5.32 Å². The van der Waals surface area contributed by atoms with Crippen LogP contribution in [0.4, 0.5) is 0 Å². The van der Waals surface area contributed by atoms with Gasteiger partial charge in [-0.05, 0) is 37.4 Å². The number of nitrogens with one attached hydrogen (secondary N) is 1. The fourth-order valence-corrected chi connectivity index (χ4v) is 4.53. The van der Waals surface area contributed by atoms with Gasteiger partial charge >= 0.3 is 0 Å². The lowest BCUT2D eigenvalue weighted by Gasteiger charge is -2.30. The Balaban J connectivity index is 1.51. The first-order chi connectivity index (χ1) is 10.7. The first-order valence-electron chi connectivity index (χ1n) is 7.76. The van der Waals surface area contributed by atoms with Gasteiger partial charge in [-0.25, -0.2) is 0 Å². The van der Waals surface area contributed by atoms with E-state index in [1.54, 1.807) is 17.5 Å². The van der Waals surface area contributed by atoms with Crippen LogP contribution in [-0.2, 0) is 0 Å². The van der Waals surface area contributed by atoms with E-state index in [1.807, 2.05) is 18.2 Å². The molecule has 2 aliphatic rings. The molecule has 0 saturated carbocycles. The molecule has 1 N–H and O–H groups in total. The average molecular weight is 313 g/mol. The zero-order chi connectivity index (χ0) is 15.1. The second-order valence-electron chi connectivity index (χ2n) is 6.28. The quantitative estimate of drug-likeness (QED) is 0.948. The van der Waals surface area contributed by atoms with Crippen LogP contribution in [0.2, 0.25) is 0 Å². The van der Waals surface area contributed by atoms with Crippen molar-refractivity contribution in [1.82, 2.24) is 15.2 Å². The van der Waals surface area contributed by atoms with Crippen LogP contribution >= 0.6 is 11.3 Å². The number of fused-ring (bicyclic) bond motifs is 3. The molecule has 4 rings (SSSR count). The fourth-order valence-electron chi connectivity index (χ4n) is 3.60. The summed E-state index contributed by atoms with van der Waals surface area (Å²) in [6.07, 6.45) is 5.98. The summed E-state index contributed by atoms with van der Waals surface area (Å²) in [5.41, 5.74) is 0.512. The number of piperidine rings is 1. The number of nitrogens with zero attached hydrogens (tertiary/aromatic N) is 2. The molecule has 0 aliphatic carbocycles. The van der Waals surface area contributed by atoms with Crippen molar-refractivity contribution in [2.24, 2.45) is 5.92 Å². The van der Waals surface area contributed by atoms with Gasteiger partial charge in [0.2, 0.25) is 0 Å². The Morgan fingerprint density at radius 1 is 1.45 bits per heavy atom. The molecule has 4 nitrogen and oxygen atoms in total. The Kier molecular flexibility index (Phi) is 3.47. The largest absolute Gasteiger partial charge is 0.347 e. The van der Waals surface area contributed by atoms with Crippen molar-refractivity contribution in [3.8, 4) is 0 Å². The van der Waals surface area contributed by atoms with Gasteiger partial charge in [0.05, 0.1) is 0 Å². The summed E-state index contributed by atoms with van der Waals surface area (Å²) in [4.78, 5) is 20.3. The minimum Gasteiger partial charge on any atom is -0.347 e. The smallest absolute Gasteiger partial charge is 0.270 e. The summed E-state index contributed by atoms with van der Waals surface area (Å²) >= 11 is 1.64. The number of carbonyl (C=O) groups excluding carboxylic acids is 1. The summed E-state index contributed by atoms with van der Waals surface area (Å²) in [5.74, 6) is 0.699. The molecule has 2 bridgehead atoms. The second kappa shape index (κ2) is 5.48. The van der Waals surface area contributed by atoms with E-state index in [0.29, 0.717) is 5.69 Å². The number of hydrogen-bond donors (Lipinski definition) is 1. The van der Waals surface area contributed by atoms with Crippen molar-refractivity contribution in [2.45, 2.75) is 18.9 Å². The van der Waals surface area contributed by atoms with Gasteiger partial charge in [-0.3, -0.25) is 9.78 Å². The second-order valence-corrected chi connectivity index (χ2v) is 7.40. The van der Waals surface area contributed by atoms with Gasteiger partial charge in [0.15, 0.2) is 0 Å². The third-order valence-corrected chi connectivity index (χ3v) is 5.75. The van der Waals surface area contributed by atoms with Crippen LogP contribution in [-0.4, -0.2) is 41.5 Å². The Hall–Kier alpha value is -1.72. The van der Waals surface area contributed by atoms with Gasteiger partial charge in [-0.15, -0.1) is 11.3 Å². The minimum absolute atomic E-state index is 0.0528. The Labute approximate surface area is 133 Å². The van der Waals surface area contributed by atoms with Crippen molar-refractivity contribution < 1.29 is 4.79 Å². The number of carbonyl (C=O) groups is 1. The standard InChI is InChI=1S/C17H19N3OS/c1-2-14-6-12-8-18-15(7-16(12)22-14)17(21)19-13-5-11-3-4-20(9-11)10-13/h2,6-8,11,13H,1,3-5,9-10H2,(H,19,21)/t11-,13+/m0/s1. The maximum atomic E-state index is 12.5. The molecular formula is C17H19N3OS. The lowest BCUT2D eigenvalue weighted by atomic mass is 9.97. The van der Waals surface area contributed by atoms with Crippen molar-refractivity contribution in [2.75, 3.05) is 19.6 Å². The number of aromatic nitrogens is 1. The van der Waals surface area contributed by atoms with Crippen molar-refractivity contribution >= 4 is 33.4 Å². The molecule has 0 aromatic carbocycles. The van der Waals surface area contributed by atoms with Crippen LogP contribution in [0.3, 0.4) is 0 Å². The van der Waals surface area contributed by atoms with Crippen LogP contribution in [0.25, 0.3) is 16.2 Å². The lowest BCUT2D eigenvalue weighted by molar-refractivity contribution is 0.0904. The van der Waals surface area contributed by atoms with Gasteiger partial charge in [0.1, 0.15) is 5.69 Å². The molecule has 114 valence electrons. The number of hydrogen-bond acceptors (Lipinski definition) is 4. The predicted molar refractivity (Wildman–Crippen MR) is 90.1 cm³/mol. The lowest BCUT2D eigenvalue weighted by Crippen LogP contribution is -2.47. The number of thiophene rings is 1. The highest BCUT2D eigenvalue weighted by molar-refractivity contribution is 7.19. The monoisotopic (exact) mass is 313 g/mol. The van der Waals surface area contributed by atoms with Crippen molar-refractivity contribution in [3.63, 3.8) is 0 Å². The summed E-state index contributed by atoms with van der Waals surface area (Å²) in [7, 11) is 0. The van der Waals surface area contributed by atoms with E-state index in [-0.39, 0.29) is 11.9 Å². The molecule has 1 unspecified atom stereocenters. The molecule has 5 heteroatoms. The molecule has 2 aliphatic heterocycles. The number of rotatable bonds is 3. The maximum absolute atomic E-state index is 12.5. The molecule has 2 fully saturated rings. The van der Waals surface area contributed by atoms with Crippen LogP contribution in [0.15, 0.2) is 24.9 Å². The van der Waals surface area contributed by atoms with Crippen molar-refractivity contribution in [1.29, 1.82) is 0 Å². The Morgan fingerprint density at radius 2 is 2.36 bits per heavy atom. The first-order valence-corrected chi connectivity index (χ1v) is 8.58. The average Bonchev–Trinajstić information content (AvgIpc) is 3.09. The molecule has 4 heterocycles. The summed E-state index contributed by atoms with van der Waals surface area (Å²) < 4.78 is 1.09. The first kappa shape index (κ1) is 13.9. The zero-order valence-electron chi connectivity index (χ0n) is 12.4. The van der Waals surface area contributed by atoms with E-state index in [4.69, 9.17) is 0 Å². The number of pyridine rings is 1. The van der Waals surface area contributed by atoms with Gasteiger partial charge in [-0.2, -0.15) is 0 Å². The molecule has 0 spiro atoms. The molecule has 2 aromatic heterocycles. The van der Waals surface area contributed by atoms with E-state index in [0.717, 1.165) is 33.8 Å². The maximum Gasteiger partial charge on any atom is 0.270 e. The predicted octanol–water partition coefficient (Wildman–Crippen LogP) is 2.76. The zero-order valence-corrected chi connectivity index (χ0v) is 13.2. The normalized spacial score (nSPS) is 27.0. The third kappa shape index (κ3) is 2.55.